The quantitative estimate of drug-likeness (QED) is 0.612. The Hall–Kier alpha value is -3.32. The zero-order valence-electron chi connectivity index (χ0n) is 20.5. The molecule has 1 fully saturated rings. The molecule has 7 heteroatoms. The Morgan fingerprint density at radius 3 is 2.29 bits per heavy atom. The second-order valence-electron chi connectivity index (χ2n) is 9.83. The highest BCUT2D eigenvalue weighted by molar-refractivity contribution is 5.95. The summed E-state index contributed by atoms with van der Waals surface area (Å²) in [6, 6.07) is 10.4. The van der Waals surface area contributed by atoms with Crippen LogP contribution in [0.15, 0.2) is 42.6 Å². The van der Waals surface area contributed by atoms with Crippen molar-refractivity contribution in [3.8, 4) is 22.3 Å². The van der Waals surface area contributed by atoms with E-state index in [1.165, 1.54) is 6.07 Å². The SMILES string of the molecule is Cc1nc(N)ccc1-c1c(-c2ccc(C(=O)N3CCN(C(C)(C)C)CC3)c(F)c2)ccnc1C. The normalized spacial score (nSPS) is 14.9. The van der Waals surface area contributed by atoms with Gasteiger partial charge in [0, 0.05) is 60.4 Å². The molecule has 2 N–H and O–H groups in total. The lowest BCUT2D eigenvalue weighted by Gasteiger charge is -2.42. The molecular formula is C27H32FN5O. The van der Waals surface area contributed by atoms with Crippen molar-refractivity contribution in [3.63, 3.8) is 0 Å². The lowest BCUT2D eigenvalue weighted by Crippen LogP contribution is -2.54. The number of carbonyl (C=O) groups excluding carboxylic acids is 1. The van der Waals surface area contributed by atoms with Gasteiger partial charge in [-0.3, -0.25) is 14.7 Å². The first-order valence-electron chi connectivity index (χ1n) is 11.6. The first-order chi connectivity index (χ1) is 16.1. The minimum Gasteiger partial charge on any atom is -0.384 e. The van der Waals surface area contributed by atoms with E-state index in [9.17, 15) is 4.79 Å². The maximum Gasteiger partial charge on any atom is 0.256 e. The molecule has 3 heterocycles. The molecule has 0 radical (unpaired) electrons. The number of rotatable bonds is 3. The Morgan fingerprint density at radius 2 is 1.68 bits per heavy atom. The van der Waals surface area contributed by atoms with Crippen LogP contribution in [0.3, 0.4) is 0 Å². The van der Waals surface area contributed by atoms with Crippen molar-refractivity contribution in [1.82, 2.24) is 19.8 Å². The van der Waals surface area contributed by atoms with Crippen LogP contribution in [0, 0.1) is 19.7 Å². The lowest BCUT2D eigenvalue weighted by molar-refractivity contribution is 0.0447. The summed E-state index contributed by atoms with van der Waals surface area (Å²) in [5.41, 5.74) is 10.9. The lowest BCUT2D eigenvalue weighted by atomic mass is 9.92. The molecule has 4 rings (SSSR count). The van der Waals surface area contributed by atoms with Crippen molar-refractivity contribution in [2.24, 2.45) is 0 Å². The number of benzene rings is 1. The zero-order chi connectivity index (χ0) is 24.6. The highest BCUT2D eigenvalue weighted by Gasteiger charge is 2.29. The smallest absolute Gasteiger partial charge is 0.256 e. The second-order valence-corrected chi connectivity index (χ2v) is 9.83. The molecule has 1 amide bonds. The summed E-state index contributed by atoms with van der Waals surface area (Å²) in [6.45, 7) is 13.1. The molecule has 3 aromatic rings. The van der Waals surface area contributed by atoms with Gasteiger partial charge in [0.1, 0.15) is 11.6 Å². The van der Waals surface area contributed by atoms with Crippen molar-refractivity contribution in [1.29, 1.82) is 0 Å². The van der Waals surface area contributed by atoms with Gasteiger partial charge in [0.05, 0.1) is 5.56 Å². The first kappa shape index (κ1) is 23.8. The molecule has 6 nitrogen and oxygen atoms in total. The summed E-state index contributed by atoms with van der Waals surface area (Å²) in [7, 11) is 0. The van der Waals surface area contributed by atoms with Crippen molar-refractivity contribution < 1.29 is 9.18 Å². The highest BCUT2D eigenvalue weighted by Crippen LogP contribution is 2.36. The summed E-state index contributed by atoms with van der Waals surface area (Å²) in [5.74, 6) is -0.336. The second kappa shape index (κ2) is 9.14. The molecule has 2 aromatic heterocycles. The summed E-state index contributed by atoms with van der Waals surface area (Å²) in [5, 5.41) is 0. The number of aryl methyl sites for hydroxylation is 2. The molecular weight excluding hydrogens is 429 g/mol. The molecule has 34 heavy (non-hydrogen) atoms. The van der Waals surface area contributed by atoms with E-state index < -0.39 is 5.82 Å². The van der Waals surface area contributed by atoms with Crippen LogP contribution in [0.25, 0.3) is 22.3 Å². The molecule has 0 atom stereocenters. The van der Waals surface area contributed by atoms with Gasteiger partial charge in [-0.1, -0.05) is 6.07 Å². The van der Waals surface area contributed by atoms with Crippen LogP contribution in [-0.4, -0.2) is 57.4 Å². The Bertz CT molecular complexity index is 1230. The number of carbonyl (C=O) groups is 1. The summed E-state index contributed by atoms with van der Waals surface area (Å²) >= 11 is 0. The van der Waals surface area contributed by atoms with Crippen LogP contribution in [-0.2, 0) is 0 Å². The number of hydrogen-bond acceptors (Lipinski definition) is 5. The molecule has 1 aliphatic heterocycles. The molecule has 0 bridgehead atoms. The van der Waals surface area contributed by atoms with Gasteiger partial charge in [-0.2, -0.15) is 0 Å². The maximum absolute atomic E-state index is 15.3. The van der Waals surface area contributed by atoms with Crippen molar-refractivity contribution in [2.75, 3.05) is 31.9 Å². The van der Waals surface area contributed by atoms with Gasteiger partial charge in [-0.15, -0.1) is 0 Å². The molecule has 0 saturated carbocycles. The van der Waals surface area contributed by atoms with Gasteiger partial charge in [-0.25, -0.2) is 9.37 Å². The molecule has 1 saturated heterocycles. The largest absolute Gasteiger partial charge is 0.384 e. The predicted molar refractivity (Wildman–Crippen MR) is 134 cm³/mol. The van der Waals surface area contributed by atoms with E-state index in [2.05, 4.69) is 35.6 Å². The van der Waals surface area contributed by atoms with Gasteiger partial charge in [0.25, 0.3) is 5.91 Å². The van der Waals surface area contributed by atoms with Crippen LogP contribution in [0.2, 0.25) is 0 Å². The fourth-order valence-corrected chi connectivity index (χ4v) is 4.60. The molecule has 0 aliphatic carbocycles. The third kappa shape index (κ3) is 4.66. The van der Waals surface area contributed by atoms with Gasteiger partial charge in [0.2, 0.25) is 0 Å². The molecule has 0 spiro atoms. The van der Waals surface area contributed by atoms with Crippen molar-refractivity contribution >= 4 is 11.7 Å². The van der Waals surface area contributed by atoms with Crippen LogP contribution >= 0.6 is 0 Å². The number of pyridine rings is 2. The molecule has 178 valence electrons. The minimum absolute atomic E-state index is 0.0563. The van der Waals surface area contributed by atoms with E-state index >= 15 is 4.39 Å². The average molecular weight is 462 g/mol. The van der Waals surface area contributed by atoms with E-state index in [4.69, 9.17) is 5.73 Å². The number of halogens is 1. The number of amides is 1. The van der Waals surface area contributed by atoms with Crippen molar-refractivity contribution in [3.05, 3.63) is 65.4 Å². The maximum atomic E-state index is 15.3. The molecule has 1 aromatic carbocycles. The van der Waals surface area contributed by atoms with E-state index in [-0.39, 0.29) is 17.0 Å². The highest BCUT2D eigenvalue weighted by atomic mass is 19.1. The van der Waals surface area contributed by atoms with Crippen LogP contribution in [0.5, 0.6) is 0 Å². The minimum atomic E-state index is -0.520. The number of anilines is 1. The number of piperazine rings is 1. The number of nitrogen functional groups attached to an aromatic ring is 1. The fraction of sp³-hybridized carbons (Fsp3) is 0.370. The van der Waals surface area contributed by atoms with Crippen LogP contribution in [0.4, 0.5) is 10.2 Å². The summed E-state index contributed by atoms with van der Waals surface area (Å²) in [6.07, 6.45) is 1.71. The zero-order valence-corrected chi connectivity index (χ0v) is 20.5. The Labute approximate surface area is 200 Å². The summed E-state index contributed by atoms with van der Waals surface area (Å²) < 4.78 is 15.3. The van der Waals surface area contributed by atoms with Gasteiger partial charge >= 0.3 is 0 Å². The van der Waals surface area contributed by atoms with Crippen molar-refractivity contribution in [2.45, 2.75) is 40.2 Å². The number of nitrogens with two attached hydrogens (primary N) is 1. The Balaban J connectivity index is 1.64. The number of hydrogen-bond donors (Lipinski definition) is 1. The van der Waals surface area contributed by atoms with E-state index in [0.717, 1.165) is 41.2 Å². The topological polar surface area (TPSA) is 75.3 Å². The van der Waals surface area contributed by atoms with E-state index in [1.54, 1.807) is 29.3 Å². The van der Waals surface area contributed by atoms with Gasteiger partial charge in [-0.05, 0) is 76.1 Å². The third-order valence-corrected chi connectivity index (χ3v) is 6.54. The van der Waals surface area contributed by atoms with Gasteiger partial charge < -0.3 is 10.6 Å². The Morgan fingerprint density at radius 1 is 0.971 bits per heavy atom. The van der Waals surface area contributed by atoms with E-state index in [0.29, 0.717) is 24.5 Å². The number of aromatic nitrogens is 2. The van der Waals surface area contributed by atoms with Gasteiger partial charge in [0.15, 0.2) is 0 Å². The van der Waals surface area contributed by atoms with Crippen LogP contribution < -0.4 is 5.73 Å². The predicted octanol–water partition coefficient (Wildman–Crippen LogP) is 4.71. The standard InChI is InChI=1S/C27H32FN5O/c1-17-20(8-9-24(29)31-17)25-18(2)30-11-10-21(25)19-6-7-22(23(28)16-19)26(34)32-12-14-33(15-13-32)27(3,4)5/h6-11,16H,12-15H2,1-5H3,(H2,29,31). The van der Waals surface area contributed by atoms with Crippen LogP contribution in [0.1, 0.15) is 42.5 Å². The number of nitrogens with zero attached hydrogens (tertiary/aromatic N) is 4. The summed E-state index contributed by atoms with van der Waals surface area (Å²) in [4.78, 5) is 26.0. The van der Waals surface area contributed by atoms with E-state index in [1.807, 2.05) is 26.0 Å². The first-order valence-corrected chi connectivity index (χ1v) is 11.6. The fourth-order valence-electron chi connectivity index (χ4n) is 4.60. The molecule has 0 unspecified atom stereocenters. The monoisotopic (exact) mass is 461 g/mol. The Kier molecular flexibility index (Phi) is 6.41. The molecule has 1 aliphatic rings. The third-order valence-electron chi connectivity index (χ3n) is 6.54. The average Bonchev–Trinajstić information content (AvgIpc) is 2.78.